The van der Waals surface area contributed by atoms with Gasteiger partial charge in [-0.2, -0.15) is 9.97 Å². The van der Waals surface area contributed by atoms with Crippen LogP contribution in [0.1, 0.15) is 22.2 Å². The lowest BCUT2D eigenvalue weighted by Crippen LogP contribution is -2.08. The Labute approximate surface area is 164 Å². The number of nitrogens with zero attached hydrogens (tertiary/aromatic N) is 6. The SMILES string of the molecule is COc1ccc(-c2noc(COC(=O)c3nc4nccc(C)n4n3)n2)c(OC)c1. The highest BCUT2D eigenvalue weighted by atomic mass is 16.6. The number of carbonyl (C=O) groups is 1. The molecule has 0 amide bonds. The molecule has 0 aliphatic heterocycles. The summed E-state index contributed by atoms with van der Waals surface area (Å²) in [7, 11) is 3.09. The van der Waals surface area contributed by atoms with Gasteiger partial charge in [0.25, 0.3) is 17.5 Å². The maximum Gasteiger partial charge on any atom is 0.378 e. The zero-order valence-corrected chi connectivity index (χ0v) is 15.8. The summed E-state index contributed by atoms with van der Waals surface area (Å²) in [6.07, 6.45) is 1.59. The van der Waals surface area contributed by atoms with Crippen LogP contribution in [-0.2, 0) is 11.3 Å². The third-order valence-electron chi connectivity index (χ3n) is 4.06. The number of hydrogen-bond acceptors (Lipinski definition) is 10. The summed E-state index contributed by atoms with van der Waals surface area (Å²) >= 11 is 0. The largest absolute Gasteiger partial charge is 0.497 e. The summed E-state index contributed by atoms with van der Waals surface area (Å²) in [6, 6.07) is 6.95. The Morgan fingerprint density at radius 2 is 2.03 bits per heavy atom. The number of fused-ring (bicyclic) bond motifs is 1. The van der Waals surface area contributed by atoms with Crippen LogP contribution in [0.4, 0.5) is 0 Å². The molecule has 0 atom stereocenters. The average Bonchev–Trinajstić information content (AvgIpc) is 3.39. The second-order valence-electron chi connectivity index (χ2n) is 5.89. The standard InChI is InChI=1S/C18H16N6O5/c1-10-6-7-19-18-21-16(22-24(10)18)17(25)28-9-14-20-15(23-29-14)12-5-4-11(26-2)8-13(12)27-3/h4-8H,9H2,1-3H3. The molecule has 148 valence electrons. The molecular formula is C18H16N6O5. The normalized spacial score (nSPS) is 10.9. The first kappa shape index (κ1) is 18.3. The van der Waals surface area contributed by atoms with E-state index >= 15 is 0 Å². The fraction of sp³-hybridized carbons (Fsp3) is 0.222. The van der Waals surface area contributed by atoms with Crippen molar-refractivity contribution >= 4 is 11.7 Å². The van der Waals surface area contributed by atoms with Crippen molar-refractivity contribution in [2.45, 2.75) is 13.5 Å². The molecule has 1 aromatic carbocycles. The van der Waals surface area contributed by atoms with Gasteiger partial charge in [-0.1, -0.05) is 5.16 Å². The molecule has 11 nitrogen and oxygen atoms in total. The number of rotatable bonds is 6. The van der Waals surface area contributed by atoms with Crippen molar-refractivity contribution in [3.63, 3.8) is 0 Å². The van der Waals surface area contributed by atoms with Gasteiger partial charge in [-0.3, -0.25) is 0 Å². The van der Waals surface area contributed by atoms with E-state index in [1.165, 1.54) is 11.6 Å². The van der Waals surface area contributed by atoms with Gasteiger partial charge in [0.15, 0.2) is 6.61 Å². The first-order valence-corrected chi connectivity index (χ1v) is 8.49. The number of carbonyl (C=O) groups excluding carboxylic acids is 1. The number of benzene rings is 1. The lowest BCUT2D eigenvalue weighted by molar-refractivity contribution is 0.0415. The quantitative estimate of drug-likeness (QED) is 0.446. The van der Waals surface area contributed by atoms with Gasteiger partial charge in [0.1, 0.15) is 11.5 Å². The molecule has 11 heteroatoms. The van der Waals surface area contributed by atoms with Crippen molar-refractivity contribution in [3.8, 4) is 22.9 Å². The minimum Gasteiger partial charge on any atom is -0.497 e. The first-order chi connectivity index (χ1) is 14.1. The number of hydrogen-bond donors (Lipinski definition) is 0. The van der Waals surface area contributed by atoms with Gasteiger partial charge in [0.2, 0.25) is 5.82 Å². The maximum atomic E-state index is 12.2. The summed E-state index contributed by atoms with van der Waals surface area (Å²) < 4.78 is 22.3. The number of methoxy groups -OCH3 is 2. The maximum absolute atomic E-state index is 12.2. The Morgan fingerprint density at radius 3 is 2.79 bits per heavy atom. The number of esters is 1. The highest BCUT2D eigenvalue weighted by Crippen LogP contribution is 2.31. The van der Waals surface area contributed by atoms with Gasteiger partial charge in [0, 0.05) is 18.0 Å². The Bertz CT molecular complexity index is 1180. The van der Waals surface area contributed by atoms with Crippen LogP contribution in [0.5, 0.6) is 11.5 Å². The van der Waals surface area contributed by atoms with Crippen LogP contribution in [0, 0.1) is 6.92 Å². The summed E-state index contributed by atoms with van der Waals surface area (Å²) in [5.74, 6) is 1.03. The summed E-state index contributed by atoms with van der Waals surface area (Å²) in [6.45, 7) is 1.60. The highest BCUT2D eigenvalue weighted by Gasteiger charge is 2.19. The zero-order valence-electron chi connectivity index (χ0n) is 15.8. The van der Waals surface area contributed by atoms with Gasteiger partial charge < -0.3 is 18.7 Å². The molecule has 0 saturated heterocycles. The van der Waals surface area contributed by atoms with Gasteiger partial charge in [-0.25, -0.2) is 14.3 Å². The van der Waals surface area contributed by atoms with Crippen LogP contribution in [0.25, 0.3) is 17.2 Å². The van der Waals surface area contributed by atoms with Crippen LogP contribution in [0.3, 0.4) is 0 Å². The number of aryl methyl sites for hydroxylation is 1. The smallest absolute Gasteiger partial charge is 0.378 e. The molecule has 4 rings (SSSR count). The van der Waals surface area contributed by atoms with Gasteiger partial charge in [-0.15, -0.1) is 5.10 Å². The molecule has 0 saturated carbocycles. The predicted octanol–water partition coefficient (Wildman–Crippen LogP) is 1.86. The van der Waals surface area contributed by atoms with Crippen molar-refractivity contribution in [1.29, 1.82) is 0 Å². The van der Waals surface area contributed by atoms with Crippen molar-refractivity contribution < 1.29 is 23.5 Å². The molecule has 0 aliphatic rings. The minimum atomic E-state index is -0.725. The van der Waals surface area contributed by atoms with E-state index in [1.807, 2.05) is 6.92 Å². The monoisotopic (exact) mass is 396 g/mol. The van der Waals surface area contributed by atoms with E-state index in [9.17, 15) is 4.79 Å². The van der Waals surface area contributed by atoms with E-state index in [4.69, 9.17) is 18.7 Å². The van der Waals surface area contributed by atoms with Gasteiger partial charge in [0.05, 0.1) is 19.8 Å². The predicted molar refractivity (Wildman–Crippen MR) is 97.5 cm³/mol. The Balaban J connectivity index is 1.48. The van der Waals surface area contributed by atoms with Crippen molar-refractivity contribution in [2.24, 2.45) is 0 Å². The van der Waals surface area contributed by atoms with Gasteiger partial charge in [-0.05, 0) is 25.1 Å². The van der Waals surface area contributed by atoms with Crippen LogP contribution in [0.2, 0.25) is 0 Å². The molecule has 0 radical (unpaired) electrons. The molecule has 4 aromatic rings. The number of aromatic nitrogens is 6. The van der Waals surface area contributed by atoms with E-state index in [-0.39, 0.29) is 18.3 Å². The Kier molecular flexibility index (Phi) is 4.77. The van der Waals surface area contributed by atoms with E-state index in [2.05, 4.69) is 25.2 Å². The second kappa shape index (κ2) is 7.54. The highest BCUT2D eigenvalue weighted by molar-refractivity contribution is 5.85. The minimum absolute atomic E-state index is 0.108. The summed E-state index contributed by atoms with van der Waals surface area (Å²) in [4.78, 5) is 24.6. The second-order valence-corrected chi connectivity index (χ2v) is 5.89. The molecule has 0 bridgehead atoms. The van der Waals surface area contributed by atoms with Crippen LogP contribution in [0.15, 0.2) is 35.0 Å². The van der Waals surface area contributed by atoms with E-state index < -0.39 is 5.97 Å². The van der Waals surface area contributed by atoms with E-state index in [1.54, 1.807) is 37.6 Å². The third-order valence-corrected chi connectivity index (χ3v) is 4.06. The van der Waals surface area contributed by atoms with Gasteiger partial charge >= 0.3 is 5.97 Å². The fourth-order valence-electron chi connectivity index (χ4n) is 2.59. The van der Waals surface area contributed by atoms with Crippen molar-refractivity contribution in [1.82, 2.24) is 29.7 Å². The van der Waals surface area contributed by atoms with E-state index in [0.29, 0.717) is 28.7 Å². The molecule has 29 heavy (non-hydrogen) atoms. The fourth-order valence-corrected chi connectivity index (χ4v) is 2.59. The van der Waals surface area contributed by atoms with Crippen LogP contribution < -0.4 is 9.47 Å². The van der Waals surface area contributed by atoms with Crippen LogP contribution >= 0.6 is 0 Å². The van der Waals surface area contributed by atoms with Crippen molar-refractivity contribution in [3.05, 3.63) is 47.9 Å². The van der Waals surface area contributed by atoms with E-state index in [0.717, 1.165) is 5.69 Å². The molecule has 0 spiro atoms. The summed E-state index contributed by atoms with van der Waals surface area (Å²) in [5.41, 5.74) is 1.40. The lowest BCUT2D eigenvalue weighted by Gasteiger charge is -2.07. The molecular weight excluding hydrogens is 380 g/mol. The first-order valence-electron chi connectivity index (χ1n) is 8.49. The molecule has 0 unspecified atom stereocenters. The molecule has 0 aliphatic carbocycles. The average molecular weight is 396 g/mol. The Morgan fingerprint density at radius 1 is 1.17 bits per heavy atom. The zero-order chi connectivity index (χ0) is 20.4. The molecule has 0 fully saturated rings. The Hall–Kier alpha value is -4.02. The lowest BCUT2D eigenvalue weighted by atomic mass is 10.2. The topological polar surface area (TPSA) is 127 Å². The van der Waals surface area contributed by atoms with Crippen molar-refractivity contribution in [2.75, 3.05) is 14.2 Å². The van der Waals surface area contributed by atoms with Crippen LogP contribution in [-0.4, -0.2) is 49.9 Å². The molecule has 3 aromatic heterocycles. The molecule has 3 heterocycles. The third kappa shape index (κ3) is 3.57. The summed E-state index contributed by atoms with van der Waals surface area (Å²) in [5, 5.41) is 7.99. The molecule has 0 N–H and O–H groups in total. The number of ether oxygens (including phenoxy) is 3.